The van der Waals surface area contributed by atoms with Gasteiger partial charge in [-0.1, -0.05) is 14.4 Å². The van der Waals surface area contributed by atoms with Crippen LogP contribution in [0.15, 0.2) is 0 Å². The van der Waals surface area contributed by atoms with E-state index >= 15 is 0 Å². The Kier molecular flexibility index (Phi) is 15.0. The van der Waals surface area contributed by atoms with Gasteiger partial charge in [-0.25, -0.2) is 0 Å². The van der Waals surface area contributed by atoms with E-state index in [0.717, 1.165) is 5.75 Å². The topological polar surface area (TPSA) is 0 Å². The highest BCUT2D eigenvalue weighted by atomic mass is 32.2. The van der Waals surface area contributed by atoms with Crippen molar-refractivity contribution in [3.05, 3.63) is 0 Å². The number of rotatable bonds is 3. The zero-order valence-corrected chi connectivity index (χ0v) is 5.69. The van der Waals surface area contributed by atoms with Crippen LogP contribution in [0.25, 0.3) is 0 Å². The lowest BCUT2D eigenvalue weighted by atomic mass is 10.9. The van der Waals surface area contributed by atoms with Crippen molar-refractivity contribution >= 4 is 24.4 Å². The second-order valence-corrected chi connectivity index (χ2v) is 2.76. The van der Waals surface area contributed by atoms with Crippen LogP contribution in [0, 0.1) is 0 Å². The molecule has 46 valence electrons. The molecule has 0 aliphatic rings. The molecule has 0 saturated carbocycles. The van der Waals surface area contributed by atoms with Crippen LogP contribution in [0.3, 0.4) is 0 Å². The van der Waals surface area contributed by atoms with Crippen molar-refractivity contribution in [1.29, 1.82) is 0 Å². The molecule has 0 rings (SSSR count). The molecule has 0 aliphatic heterocycles. The van der Waals surface area contributed by atoms with Gasteiger partial charge in [0.1, 0.15) is 0 Å². The summed E-state index contributed by atoms with van der Waals surface area (Å²) >= 11 is 5.97. The van der Waals surface area contributed by atoms with Crippen molar-refractivity contribution in [2.45, 2.75) is 14.4 Å². The minimum absolute atomic E-state index is 0. The Bertz CT molecular complexity index is 18.0. The van der Waals surface area contributed by atoms with E-state index in [1.54, 1.807) is 0 Å². The van der Waals surface area contributed by atoms with Crippen LogP contribution in [-0.4, -0.2) is 17.3 Å². The summed E-state index contributed by atoms with van der Waals surface area (Å²) in [5, 5.41) is 0. The van der Waals surface area contributed by atoms with Crippen LogP contribution in [0.5, 0.6) is 0 Å². The first-order valence-corrected chi connectivity index (χ1v) is 3.89. The average molecular weight is 138 g/mol. The van der Waals surface area contributed by atoms with Crippen molar-refractivity contribution in [2.24, 2.45) is 0 Å². The van der Waals surface area contributed by atoms with Crippen LogP contribution in [0.2, 0.25) is 0 Å². The van der Waals surface area contributed by atoms with Crippen LogP contribution in [-0.2, 0) is 0 Å². The first kappa shape index (κ1) is 10.6. The minimum Gasteiger partial charge on any atom is -0.179 e. The molecule has 0 aliphatic carbocycles. The molecule has 0 nitrogen and oxygen atoms in total. The first-order valence-electron chi connectivity index (χ1n) is 2.10. The predicted octanol–water partition coefficient (Wildman–Crippen LogP) is 2.31. The molecule has 0 aromatic heterocycles. The Morgan fingerprint density at radius 3 is 2.29 bits per heavy atom. The van der Waals surface area contributed by atoms with Gasteiger partial charge in [-0.05, 0) is 11.5 Å². The molecule has 0 unspecified atom stereocenters. The summed E-state index contributed by atoms with van der Waals surface area (Å²) in [6.07, 6.45) is 0. The fraction of sp³-hybridized carbons (Fsp3) is 1.00. The Labute approximate surface area is 56.5 Å². The average Bonchev–Trinajstić information content (AvgIpc) is 1.61. The molecular weight excluding hydrogens is 124 g/mol. The Morgan fingerprint density at radius 2 is 2.14 bits per heavy atom. The summed E-state index contributed by atoms with van der Waals surface area (Å²) in [6.45, 7) is 2.16. The van der Waals surface area contributed by atoms with Gasteiger partial charge in [0.25, 0.3) is 0 Å². The highest BCUT2D eigenvalue weighted by Crippen LogP contribution is 1.96. The summed E-state index contributed by atoms with van der Waals surface area (Å²) in [7, 11) is 0. The van der Waals surface area contributed by atoms with E-state index in [1.165, 1.54) is 11.5 Å². The van der Waals surface area contributed by atoms with Gasteiger partial charge < -0.3 is 0 Å². The highest BCUT2D eigenvalue weighted by Gasteiger charge is 1.75. The molecule has 7 heavy (non-hydrogen) atoms. The fourth-order valence-electron chi connectivity index (χ4n) is 0.209. The molecule has 0 fully saturated rings. The molecule has 2 heteroatoms. The smallest absolute Gasteiger partial charge is 0.00209 e. The zero-order chi connectivity index (χ0) is 4.83. The van der Waals surface area contributed by atoms with E-state index in [-0.39, 0.29) is 7.43 Å². The lowest BCUT2D eigenvalue weighted by molar-refractivity contribution is 1.48. The molecule has 0 aromatic carbocycles. The van der Waals surface area contributed by atoms with Crippen molar-refractivity contribution in [3.8, 4) is 0 Å². The summed E-state index contributed by atoms with van der Waals surface area (Å²) in [5.41, 5.74) is 0. The van der Waals surface area contributed by atoms with Crippen LogP contribution in [0.4, 0.5) is 0 Å². The van der Waals surface area contributed by atoms with Gasteiger partial charge in [0.15, 0.2) is 0 Å². The van der Waals surface area contributed by atoms with Gasteiger partial charge in [-0.15, -0.1) is 0 Å². The third kappa shape index (κ3) is 10.8. The van der Waals surface area contributed by atoms with Crippen LogP contribution < -0.4 is 0 Å². The molecule has 0 bridgehead atoms. The summed E-state index contributed by atoms with van der Waals surface area (Å²) in [4.78, 5) is 0. The first-order chi connectivity index (χ1) is 2.91. The fourth-order valence-corrected chi connectivity index (χ4v) is 1.01. The second kappa shape index (κ2) is 9.85. The molecule has 0 amide bonds. The zero-order valence-electron chi connectivity index (χ0n) is 3.98. The summed E-state index contributed by atoms with van der Waals surface area (Å²) in [6, 6.07) is 0. The maximum atomic E-state index is 4.03. The van der Waals surface area contributed by atoms with Crippen LogP contribution in [0.1, 0.15) is 14.4 Å². The molecule has 0 heterocycles. The molecule has 0 atom stereocenters. The molecule has 0 radical (unpaired) electrons. The normalized spacial score (nSPS) is 7.71. The third-order valence-electron chi connectivity index (χ3n) is 0.440. The number of hydrogen-bond acceptors (Lipinski definition) is 2. The molecular formula is C5H14S2. The maximum absolute atomic E-state index is 4.03. The minimum atomic E-state index is 0. The number of thiol groups is 1. The lowest BCUT2D eigenvalue weighted by Crippen LogP contribution is -1.76. The van der Waals surface area contributed by atoms with E-state index in [1.807, 2.05) is 11.8 Å². The third-order valence-corrected chi connectivity index (χ3v) is 1.87. The van der Waals surface area contributed by atoms with E-state index in [4.69, 9.17) is 0 Å². The molecule has 0 spiro atoms. The summed E-state index contributed by atoms with van der Waals surface area (Å²) < 4.78 is 0. The second-order valence-electron chi connectivity index (χ2n) is 0.921. The van der Waals surface area contributed by atoms with E-state index in [0.29, 0.717) is 0 Å². The van der Waals surface area contributed by atoms with Crippen LogP contribution >= 0.6 is 24.4 Å². The molecule has 0 N–H and O–H groups in total. The Balaban J connectivity index is 0. The van der Waals surface area contributed by atoms with E-state index < -0.39 is 0 Å². The van der Waals surface area contributed by atoms with Crippen molar-refractivity contribution in [3.63, 3.8) is 0 Å². The number of hydrogen-bond donors (Lipinski definition) is 1. The lowest BCUT2D eigenvalue weighted by Gasteiger charge is -1.86. The van der Waals surface area contributed by atoms with E-state index in [9.17, 15) is 0 Å². The van der Waals surface area contributed by atoms with Gasteiger partial charge >= 0.3 is 0 Å². The largest absolute Gasteiger partial charge is 0.179 e. The summed E-state index contributed by atoms with van der Waals surface area (Å²) in [5.74, 6) is 3.43. The maximum Gasteiger partial charge on any atom is 0.00209 e. The molecule has 0 saturated heterocycles. The van der Waals surface area contributed by atoms with E-state index in [2.05, 4.69) is 19.6 Å². The van der Waals surface area contributed by atoms with Crippen molar-refractivity contribution < 1.29 is 0 Å². The molecule has 0 aromatic rings. The van der Waals surface area contributed by atoms with Gasteiger partial charge in [-0.2, -0.15) is 24.4 Å². The van der Waals surface area contributed by atoms with Gasteiger partial charge in [-0.3, -0.25) is 0 Å². The standard InChI is InChI=1S/C4H10S2.CH4/c1-2-6-4-3-5;/h5H,2-4H2,1H3;1H4. The predicted molar refractivity (Wildman–Crippen MR) is 43.6 cm³/mol. The van der Waals surface area contributed by atoms with Gasteiger partial charge in [0.05, 0.1) is 0 Å². The van der Waals surface area contributed by atoms with Crippen molar-refractivity contribution in [2.75, 3.05) is 17.3 Å². The Morgan fingerprint density at radius 1 is 1.57 bits per heavy atom. The highest BCUT2D eigenvalue weighted by molar-refractivity contribution is 7.99. The SMILES string of the molecule is C.CCSCCS. The van der Waals surface area contributed by atoms with Gasteiger partial charge in [0.2, 0.25) is 0 Å². The quantitative estimate of drug-likeness (QED) is 0.461. The Hall–Kier alpha value is 0.700. The number of thioether (sulfide) groups is 1. The van der Waals surface area contributed by atoms with Crippen molar-refractivity contribution in [1.82, 2.24) is 0 Å². The monoisotopic (exact) mass is 138 g/mol. The van der Waals surface area contributed by atoms with Gasteiger partial charge in [0, 0.05) is 5.75 Å².